The summed E-state index contributed by atoms with van der Waals surface area (Å²) >= 11 is 10.6. The molecule has 3 nitrogen and oxygen atoms in total. The smallest absolute Gasteiger partial charge is 0.270 e. The van der Waals surface area contributed by atoms with Gasteiger partial charge in [0.05, 0.1) is 0 Å². The Labute approximate surface area is 140 Å². The first-order valence-electron chi connectivity index (χ1n) is 7.08. The van der Waals surface area contributed by atoms with E-state index in [1.165, 1.54) is 5.56 Å². The van der Waals surface area contributed by atoms with Gasteiger partial charge in [0.15, 0.2) is 10.7 Å². The van der Waals surface area contributed by atoms with E-state index >= 15 is 0 Å². The van der Waals surface area contributed by atoms with Gasteiger partial charge in [-0.05, 0) is 36.8 Å². The molecule has 5 heteroatoms. The van der Waals surface area contributed by atoms with Crippen LogP contribution in [0.2, 0.25) is 0 Å². The molecule has 0 unspecified atom stereocenters. The number of aromatic nitrogens is 1. The average Bonchev–Trinajstić information content (AvgIpc) is 3.01. The molecule has 1 aliphatic heterocycles. The Morgan fingerprint density at radius 1 is 1.09 bits per heavy atom. The highest BCUT2D eigenvalue weighted by Crippen LogP contribution is 2.25. The third kappa shape index (κ3) is 2.58. The van der Waals surface area contributed by atoms with Crippen LogP contribution in [0, 0.1) is 0 Å². The predicted molar refractivity (Wildman–Crippen MR) is 97.5 cm³/mol. The second-order valence-electron chi connectivity index (χ2n) is 4.99. The van der Waals surface area contributed by atoms with Crippen LogP contribution in [0.1, 0.15) is 12.6 Å². The summed E-state index contributed by atoms with van der Waals surface area (Å²) in [7, 11) is 2.03. The number of nitrogens with zero attached hydrogens (tertiary/aromatic N) is 2. The number of hydrogen-bond donors (Lipinski definition) is 0. The molecule has 0 aliphatic carbocycles. The summed E-state index contributed by atoms with van der Waals surface area (Å²) in [6, 6.07) is 14.4. The van der Waals surface area contributed by atoms with Crippen molar-refractivity contribution in [2.24, 2.45) is 7.05 Å². The minimum absolute atomic E-state index is 0.427. The maximum atomic E-state index is 5.61. The van der Waals surface area contributed by atoms with Crippen molar-refractivity contribution in [3.8, 4) is 11.3 Å². The number of rotatable bonds is 3. The van der Waals surface area contributed by atoms with Crippen LogP contribution in [0.15, 0.2) is 48.2 Å². The highest BCUT2D eigenvalue weighted by atomic mass is 32.1. The minimum atomic E-state index is 0.427. The fourth-order valence-corrected chi connectivity index (χ4v) is 3.16. The molecule has 1 fully saturated rings. The summed E-state index contributed by atoms with van der Waals surface area (Å²) in [5.41, 5.74) is 3.35. The molecule has 112 valence electrons. The minimum Gasteiger partial charge on any atom is -0.428 e. The zero-order chi connectivity index (χ0) is 15.7. The summed E-state index contributed by atoms with van der Waals surface area (Å²) in [6.07, 6.45) is 1.94. The van der Waals surface area contributed by atoms with Crippen LogP contribution in [0.5, 0.6) is 0 Å². The fourth-order valence-electron chi connectivity index (χ4n) is 2.48. The van der Waals surface area contributed by atoms with Gasteiger partial charge < -0.3 is 9.30 Å². The highest BCUT2D eigenvalue weighted by molar-refractivity contribution is 7.82. The zero-order valence-corrected chi connectivity index (χ0v) is 14.1. The monoisotopic (exact) mass is 328 g/mol. The molecule has 2 aromatic rings. The molecule has 0 spiro atoms. The lowest BCUT2D eigenvalue weighted by molar-refractivity contribution is 0.442. The zero-order valence-electron chi connectivity index (χ0n) is 12.4. The maximum Gasteiger partial charge on any atom is 0.270 e. The summed E-state index contributed by atoms with van der Waals surface area (Å²) < 4.78 is 7.73. The standard InChI is InChI=1S/C17H16N2OS2/c1-3-19-16(21)15(20-17(19)22)11-13-9-10-14(18(13)2)12-7-5-4-6-8-12/h4-11H,3H2,1-2H3/b15-11-. The van der Waals surface area contributed by atoms with Crippen LogP contribution in [0.4, 0.5) is 0 Å². The molecule has 0 radical (unpaired) electrons. The molecule has 1 aromatic carbocycles. The van der Waals surface area contributed by atoms with E-state index in [4.69, 9.17) is 29.2 Å². The lowest BCUT2D eigenvalue weighted by Gasteiger charge is -2.09. The number of thiocarbonyl (C=S) groups is 2. The van der Waals surface area contributed by atoms with Gasteiger partial charge in [0.1, 0.15) is 0 Å². The van der Waals surface area contributed by atoms with Gasteiger partial charge in [0.25, 0.3) is 5.17 Å². The van der Waals surface area contributed by atoms with Crippen LogP contribution >= 0.6 is 24.4 Å². The predicted octanol–water partition coefficient (Wildman–Crippen LogP) is 4.00. The Kier molecular flexibility index (Phi) is 4.09. The molecule has 0 bridgehead atoms. The molecule has 0 N–H and O–H groups in total. The van der Waals surface area contributed by atoms with Crippen LogP contribution in [-0.4, -0.2) is 26.2 Å². The third-order valence-electron chi connectivity index (χ3n) is 3.70. The number of hydrogen-bond acceptors (Lipinski definition) is 3. The Hall–Kier alpha value is -1.98. The molecule has 2 heterocycles. The second kappa shape index (κ2) is 6.02. The van der Waals surface area contributed by atoms with Crippen molar-refractivity contribution >= 4 is 40.7 Å². The van der Waals surface area contributed by atoms with E-state index in [0.29, 0.717) is 15.9 Å². The van der Waals surface area contributed by atoms with Crippen molar-refractivity contribution in [1.82, 2.24) is 9.47 Å². The van der Waals surface area contributed by atoms with Crippen molar-refractivity contribution < 1.29 is 4.74 Å². The van der Waals surface area contributed by atoms with Crippen molar-refractivity contribution in [2.75, 3.05) is 6.54 Å². The molecule has 1 saturated heterocycles. The normalized spacial score (nSPS) is 16.5. The van der Waals surface area contributed by atoms with Crippen LogP contribution in [0.25, 0.3) is 17.3 Å². The SMILES string of the molecule is CCN1C(=S)O/C(=C\c2ccc(-c3ccccc3)n2C)C1=S. The van der Waals surface area contributed by atoms with E-state index in [1.807, 2.05) is 43.1 Å². The lowest BCUT2D eigenvalue weighted by Crippen LogP contribution is -2.26. The molecule has 22 heavy (non-hydrogen) atoms. The van der Waals surface area contributed by atoms with Gasteiger partial charge in [0, 0.05) is 31.1 Å². The third-order valence-corrected chi connectivity index (χ3v) is 4.42. The van der Waals surface area contributed by atoms with E-state index in [1.54, 1.807) is 0 Å². The Morgan fingerprint density at radius 3 is 2.45 bits per heavy atom. The van der Waals surface area contributed by atoms with Gasteiger partial charge in [-0.1, -0.05) is 42.5 Å². The number of ether oxygens (including phenoxy) is 1. The van der Waals surface area contributed by atoms with Crippen molar-refractivity contribution in [3.63, 3.8) is 0 Å². The van der Waals surface area contributed by atoms with Gasteiger partial charge in [-0.3, -0.25) is 4.90 Å². The molecule has 0 amide bonds. The van der Waals surface area contributed by atoms with E-state index in [-0.39, 0.29) is 0 Å². The lowest BCUT2D eigenvalue weighted by atomic mass is 10.2. The van der Waals surface area contributed by atoms with Gasteiger partial charge in [-0.25, -0.2) is 0 Å². The molecular weight excluding hydrogens is 312 g/mol. The van der Waals surface area contributed by atoms with E-state index in [2.05, 4.69) is 28.8 Å². The average molecular weight is 328 g/mol. The Balaban J connectivity index is 1.95. The number of benzene rings is 1. The summed E-state index contributed by atoms with van der Waals surface area (Å²) in [5.74, 6) is 0.641. The first kappa shape index (κ1) is 14.9. The molecule has 0 atom stereocenters. The van der Waals surface area contributed by atoms with Crippen molar-refractivity contribution in [3.05, 3.63) is 53.9 Å². The van der Waals surface area contributed by atoms with Gasteiger partial charge >= 0.3 is 0 Å². The van der Waals surface area contributed by atoms with Crippen LogP contribution < -0.4 is 0 Å². The highest BCUT2D eigenvalue weighted by Gasteiger charge is 2.28. The Morgan fingerprint density at radius 2 is 1.82 bits per heavy atom. The van der Waals surface area contributed by atoms with Gasteiger partial charge in [0.2, 0.25) is 0 Å². The second-order valence-corrected chi connectivity index (χ2v) is 5.73. The van der Waals surface area contributed by atoms with E-state index < -0.39 is 0 Å². The Bertz CT molecular complexity index is 762. The molecular formula is C17H16N2OS2. The fraction of sp³-hybridized carbons (Fsp3) is 0.176. The van der Waals surface area contributed by atoms with Gasteiger partial charge in [-0.15, -0.1) is 0 Å². The van der Waals surface area contributed by atoms with Crippen LogP contribution in [-0.2, 0) is 11.8 Å². The summed E-state index contributed by atoms with van der Waals surface area (Å²) in [4.78, 5) is 2.47. The largest absolute Gasteiger partial charge is 0.428 e. The van der Waals surface area contributed by atoms with Gasteiger partial charge in [-0.2, -0.15) is 0 Å². The maximum absolute atomic E-state index is 5.61. The first-order chi connectivity index (χ1) is 10.6. The summed E-state index contributed by atoms with van der Waals surface area (Å²) in [5, 5.41) is 0.427. The van der Waals surface area contributed by atoms with E-state index in [9.17, 15) is 0 Å². The van der Waals surface area contributed by atoms with E-state index in [0.717, 1.165) is 17.9 Å². The molecule has 0 saturated carbocycles. The van der Waals surface area contributed by atoms with Crippen LogP contribution in [0.3, 0.4) is 0 Å². The van der Waals surface area contributed by atoms with Crippen molar-refractivity contribution in [2.45, 2.75) is 6.92 Å². The summed E-state index contributed by atoms with van der Waals surface area (Å²) in [6.45, 7) is 2.72. The topological polar surface area (TPSA) is 17.4 Å². The van der Waals surface area contributed by atoms with Crippen molar-refractivity contribution in [1.29, 1.82) is 0 Å². The first-order valence-corrected chi connectivity index (χ1v) is 7.90. The molecule has 1 aromatic heterocycles. The quantitative estimate of drug-likeness (QED) is 0.625. The molecule has 3 rings (SSSR count). The molecule has 1 aliphatic rings. The number of likely N-dealkylation sites (N-methyl/N-ethyl adjacent to an activating group) is 1.